The average Bonchev–Trinajstić information content (AvgIpc) is 2.79. The maximum atomic E-state index is 11.7. The van der Waals surface area contributed by atoms with Gasteiger partial charge in [-0.05, 0) is 18.6 Å². The van der Waals surface area contributed by atoms with Gasteiger partial charge in [-0.3, -0.25) is 15.2 Å². The molecular weight excluding hydrogens is 206 g/mol. The van der Waals surface area contributed by atoms with Crippen LogP contribution in [0.15, 0.2) is 24.5 Å². The molecule has 1 aliphatic rings. The summed E-state index contributed by atoms with van der Waals surface area (Å²) in [6.07, 6.45) is 3.50. The van der Waals surface area contributed by atoms with Crippen LogP contribution in [-0.4, -0.2) is 30.1 Å². The molecule has 1 aromatic heterocycles. The molecule has 2 N–H and O–H groups in total. The van der Waals surface area contributed by atoms with Gasteiger partial charge in [0.15, 0.2) is 0 Å². The number of nitrogens with zero attached hydrogens (tertiary/aromatic N) is 1. The zero-order chi connectivity index (χ0) is 11.4. The Morgan fingerprint density at radius 1 is 1.69 bits per heavy atom. The van der Waals surface area contributed by atoms with Gasteiger partial charge in [-0.25, -0.2) is 5.43 Å². The normalized spacial score (nSPS) is 24.3. The predicted octanol–water partition coefficient (Wildman–Crippen LogP) is 0.205. The van der Waals surface area contributed by atoms with Crippen molar-refractivity contribution in [3.05, 3.63) is 30.1 Å². The lowest BCUT2D eigenvalue weighted by molar-refractivity contribution is -0.145. The summed E-state index contributed by atoms with van der Waals surface area (Å²) in [7, 11) is 0. The minimum absolute atomic E-state index is 0.0766. The number of rotatable bonds is 3. The van der Waals surface area contributed by atoms with Crippen LogP contribution in [0.2, 0.25) is 0 Å². The molecule has 0 amide bonds. The van der Waals surface area contributed by atoms with Crippen molar-refractivity contribution in [2.45, 2.75) is 18.9 Å². The van der Waals surface area contributed by atoms with Gasteiger partial charge in [-0.2, -0.15) is 0 Å². The third-order valence-electron chi connectivity index (χ3n) is 2.64. The quantitative estimate of drug-likeness (QED) is 0.714. The molecule has 5 heteroatoms. The number of hydrazine groups is 1. The van der Waals surface area contributed by atoms with Crippen molar-refractivity contribution in [3.8, 4) is 0 Å². The third-order valence-corrected chi connectivity index (χ3v) is 2.64. The molecule has 86 valence electrons. The summed E-state index contributed by atoms with van der Waals surface area (Å²) in [5.41, 5.74) is 6.96. The van der Waals surface area contributed by atoms with Gasteiger partial charge in [-0.15, -0.1) is 0 Å². The van der Waals surface area contributed by atoms with Gasteiger partial charge in [0.25, 0.3) is 0 Å². The molecule has 2 heterocycles. The Morgan fingerprint density at radius 2 is 2.56 bits per heavy atom. The van der Waals surface area contributed by atoms with Crippen molar-refractivity contribution in [1.82, 2.24) is 15.8 Å². The molecule has 16 heavy (non-hydrogen) atoms. The number of hydrogen-bond donors (Lipinski definition) is 2. The molecule has 5 nitrogen and oxygen atoms in total. The van der Waals surface area contributed by atoms with Crippen molar-refractivity contribution in [1.29, 1.82) is 0 Å². The van der Waals surface area contributed by atoms with E-state index in [0.717, 1.165) is 5.56 Å². The van der Waals surface area contributed by atoms with Gasteiger partial charge in [-0.1, -0.05) is 6.07 Å². The van der Waals surface area contributed by atoms with E-state index >= 15 is 0 Å². The topological polar surface area (TPSA) is 63.2 Å². The Kier molecular flexibility index (Phi) is 3.48. The lowest BCUT2D eigenvalue weighted by atomic mass is 9.94. The molecule has 1 aliphatic heterocycles. The number of nitrogens with one attached hydrogen (secondary N) is 2. The molecule has 0 aromatic carbocycles. The number of esters is 1. The summed E-state index contributed by atoms with van der Waals surface area (Å²) in [6, 6.07) is 3.51. The van der Waals surface area contributed by atoms with E-state index in [0.29, 0.717) is 13.2 Å². The third kappa shape index (κ3) is 2.20. The van der Waals surface area contributed by atoms with E-state index in [2.05, 4.69) is 15.8 Å². The molecule has 2 rings (SSSR count). The monoisotopic (exact) mass is 221 g/mol. The molecule has 2 atom stereocenters. The lowest BCUT2D eigenvalue weighted by Gasteiger charge is -2.16. The molecule has 0 spiro atoms. The zero-order valence-electron chi connectivity index (χ0n) is 9.14. The Bertz CT molecular complexity index is 356. The van der Waals surface area contributed by atoms with E-state index in [9.17, 15) is 4.79 Å². The first-order valence-electron chi connectivity index (χ1n) is 5.38. The molecule has 0 radical (unpaired) electrons. The Balaban J connectivity index is 2.12. The van der Waals surface area contributed by atoms with E-state index in [1.54, 1.807) is 19.3 Å². The van der Waals surface area contributed by atoms with Crippen LogP contribution in [-0.2, 0) is 9.53 Å². The van der Waals surface area contributed by atoms with Crippen LogP contribution >= 0.6 is 0 Å². The predicted molar refractivity (Wildman–Crippen MR) is 58.5 cm³/mol. The lowest BCUT2D eigenvalue weighted by Crippen LogP contribution is -2.39. The van der Waals surface area contributed by atoms with Gasteiger partial charge in [0.1, 0.15) is 6.04 Å². The number of ether oxygens (including phenoxy) is 1. The van der Waals surface area contributed by atoms with E-state index in [1.165, 1.54) is 0 Å². The maximum absolute atomic E-state index is 11.7. The van der Waals surface area contributed by atoms with E-state index < -0.39 is 0 Å². The standard InChI is InChI=1S/C11H15N3O2/c1-2-16-11(15)10-9(7-13-14-10)8-4-3-5-12-6-8/h3-6,9-10,13-14H,2,7H2,1H3. The first-order valence-corrected chi connectivity index (χ1v) is 5.38. The van der Waals surface area contributed by atoms with E-state index in [-0.39, 0.29) is 17.9 Å². The molecule has 2 unspecified atom stereocenters. The fourth-order valence-corrected chi connectivity index (χ4v) is 1.86. The maximum Gasteiger partial charge on any atom is 0.325 e. The van der Waals surface area contributed by atoms with Crippen LogP contribution in [0.25, 0.3) is 0 Å². The fourth-order valence-electron chi connectivity index (χ4n) is 1.86. The summed E-state index contributed by atoms with van der Waals surface area (Å²) in [5.74, 6) is -0.144. The van der Waals surface area contributed by atoms with Gasteiger partial charge < -0.3 is 4.74 Å². The highest BCUT2D eigenvalue weighted by Gasteiger charge is 2.34. The van der Waals surface area contributed by atoms with Crippen molar-refractivity contribution < 1.29 is 9.53 Å². The smallest absolute Gasteiger partial charge is 0.325 e. The summed E-state index contributed by atoms with van der Waals surface area (Å²) < 4.78 is 5.02. The van der Waals surface area contributed by atoms with Gasteiger partial charge in [0.2, 0.25) is 0 Å². The minimum atomic E-state index is -0.329. The summed E-state index contributed by atoms with van der Waals surface area (Å²) in [6.45, 7) is 2.91. The molecule has 1 saturated heterocycles. The molecule has 1 aromatic rings. The second-order valence-electron chi connectivity index (χ2n) is 3.65. The first kappa shape index (κ1) is 11.0. The first-order chi connectivity index (χ1) is 7.83. The van der Waals surface area contributed by atoms with Crippen LogP contribution in [0.1, 0.15) is 18.4 Å². The number of carbonyl (C=O) groups is 1. The van der Waals surface area contributed by atoms with Crippen LogP contribution in [0.3, 0.4) is 0 Å². The highest BCUT2D eigenvalue weighted by atomic mass is 16.5. The van der Waals surface area contributed by atoms with E-state index in [4.69, 9.17) is 4.74 Å². The van der Waals surface area contributed by atoms with Gasteiger partial charge in [0, 0.05) is 24.9 Å². The van der Waals surface area contributed by atoms with Gasteiger partial charge in [0.05, 0.1) is 6.61 Å². The van der Waals surface area contributed by atoms with Crippen LogP contribution < -0.4 is 10.9 Å². The van der Waals surface area contributed by atoms with Crippen molar-refractivity contribution in [2.75, 3.05) is 13.2 Å². The fraction of sp³-hybridized carbons (Fsp3) is 0.455. The second kappa shape index (κ2) is 5.05. The highest BCUT2D eigenvalue weighted by Crippen LogP contribution is 2.21. The number of aromatic nitrogens is 1. The van der Waals surface area contributed by atoms with Gasteiger partial charge >= 0.3 is 5.97 Å². The second-order valence-corrected chi connectivity index (χ2v) is 3.65. The summed E-state index contributed by atoms with van der Waals surface area (Å²) in [5, 5.41) is 0. The Morgan fingerprint density at radius 3 is 3.25 bits per heavy atom. The van der Waals surface area contributed by atoms with E-state index in [1.807, 2.05) is 12.1 Å². The Hall–Kier alpha value is -1.46. The largest absolute Gasteiger partial charge is 0.465 e. The molecular formula is C11H15N3O2. The van der Waals surface area contributed by atoms with Crippen molar-refractivity contribution >= 4 is 5.97 Å². The average molecular weight is 221 g/mol. The zero-order valence-corrected chi connectivity index (χ0v) is 9.14. The van der Waals surface area contributed by atoms with Crippen LogP contribution in [0, 0.1) is 0 Å². The van der Waals surface area contributed by atoms with Crippen LogP contribution in [0.5, 0.6) is 0 Å². The Labute approximate surface area is 94.2 Å². The molecule has 0 bridgehead atoms. The summed E-state index contributed by atoms with van der Waals surface area (Å²) >= 11 is 0. The van der Waals surface area contributed by atoms with Crippen molar-refractivity contribution in [2.24, 2.45) is 0 Å². The molecule has 0 saturated carbocycles. The molecule has 1 fully saturated rings. The number of carbonyl (C=O) groups excluding carboxylic acids is 1. The van der Waals surface area contributed by atoms with Crippen LogP contribution in [0.4, 0.5) is 0 Å². The number of pyridine rings is 1. The SMILES string of the molecule is CCOC(=O)C1NNCC1c1cccnc1. The minimum Gasteiger partial charge on any atom is -0.465 e. The summed E-state index contributed by atoms with van der Waals surface area (Å²) in [4.78, 5) is 15.7. The number of hydrogen-bond acceptors (Lipinski definition) is 5. The highest BCUT2D eigenvalue weighted by molar-refractivity contribution is 5.77. The van der Waals surface area contributed by atoms with Crippen molar-refractivity contribution in [3.63, 3.8) is 0 Å². The molecule has 0 aliphatic carbocycles.